The highest BCUT2D eigenvalue weighted by Gasteiger charge is 2.48. The Kier molecular flexibility index (Phi) is 5.86. The minimum atomic E-state index is -0.632. The fourth-order valence-corrected chi connectivity index (χ4v) is 4.97. The first kappa shape index (κ1) is 21.9. The largest absolute Gasteiger partial charge is 0.440 e. The Morgan fingerprint density at radius 3 is 2.67 bits per heavy atom. The van der Waals surface area contributed by atoms with Gasteiger partial charge in [-0.2, -0.15) is 0 Å². The topological polar surface area (TPSA) is 87.7 Å². The van der Waals surface area contributed by atoms with Gasteiger partial charge in [0.25, 0.3) is 0 Å². The van der Waals surface area contributed by atoms with Crippen molar-refractivity contribution in [2.45, 2.75) is 18.4 Å². The summed E-state index contributed by atoms with van der Waals surface area (Å²) < 4.78 is 5.76. The first-order valence-corrected chi connectivity index (χ1v) is 11.9. The van der Waals surface area contributed by atoms with E-state index in [0.717, 1.165) is 5.69 Å². The molecule has 2 fully saturated rings. The normalized spacial score (nSPS) is 17.3. The van der Waals surface area contributed by atoms with Crippen LogP contribution in [-0.2, 0) is 4.74 Å². The number of halogens is 2. The number of carbonyl (C=O) groups is 2. The maximum Gasteiger partial charge on any atom is 0.415 e. The predicted molar refractivity (Wildman–Crippen MR) is 128 cm³/mol. The molecule has 2 aliphatic rings. The van der Waals surface area contributed by atoms with Crippen LogP contribution in [0.1, 0.15) is 12.8 Å². The highest BCUT2D eigenvalue weighted by atomic mass is 35.5. The van der Waals surface area contributed by atoms with Crippen molar-refractivity contribution < 1.29 is 14.3 Å². The molecule has 5 rings (SSSR count). The number of piperidine rings is 1. The van der Waals surface area contributed by atoms with Crippen LogP contribution >= 0.6 is 34.5 Å². The van der Waals surface area contributed by atoms with Crippen LogP contribution in [0.4, 0.5) is 20.4 Å². The first-order chi connectivity index (χ1) is 15.9. The van der Waals surface area contributed by atoms with Gasteiger partial charge in [-0.3, -0.25) is 15.2 Å². The zero-order valence-corrected chi connectivity index (χ0v) is 19.7. The molecule has 1 N–H and O–H groups in total. The fourth-order valence-electron chi connectivity index (χ4n) is 3.99. The number of carbonyl (C=O) groups excluding carboxylic acids is 2. The minimum absolute atomic E-state index is 0.225. The zero-order chi connectivity index (χ0) is 23.0. The third kappa shape index (κ3) is 4.48. The van der Waals surface area contributed by atoms with E-state index in [9.17, 15) is 9.59 Å². The third-order valence-corrected chi connectivity index (χ3v) is 7.29. The molecule has 0 unspecified atom stereocenters. The Bertz CT molecular complexity index is 1200. The second-order valence-electron chi connectivity index (χ2n) is 7.91. The van der Waals surface area contributed by atoms with Gasteiger partial charge < -0.3 is 9.64 Å². The van der Waals surface area contributed by atoms with Crippen molar-refractivity contribution >= 4 is 57.5 Å². The number of ether oxygens (including phenoxy) is 1. The summed E-state index contributed by atoms with van der Waals surface area (Å²) in [6.07, 6.45) is 2.37. The summed E-state index contributed by atoms with van der Waals surface area (Å²) in [5.74, 6) is 0. The second kappa shape index (κ2) is 8.81. The lowest BCUT2D eigenvalue weighted by Crippen LogP contribution is -2.49. The van der Waals surface area contributed by atoms with E-state index in [1.54, 1.807) is 34.2 Å². The van der Waals surface area contributed by atoms with Crippen LogP contribution in [0.15, 0.2) is 48.0 Å². The van der Waals surface area contributed by atoms with E-state index < -0.39 is 11.7 Å². The average molecular weight is 504 g/mol. The number of pyridine rings is 1. The molecular formula is C22H19Cl2N5O3S. The van der Waals surface area contributed by atoms with Crippen molar-refractivity contribution in [1.29, 1.82) is 0 Å². The number of rotatable bonds is 3. The van der Waals surface area contributed by atoms with Crippen LogP contribution in [0.2, 0.25) is 10.0 Å². The molecule has 170 valence electrons. The van der Waals surface area contributed by atoms with Gasteiger partial charge in [0.1, 0.15) is 11.3 Å². The maximum atomic E-state index is 12.8. The summed E-state index contributed by atoms with van der Waals surface area (Å²) in [5, 5.41) is 6.03. The molecule has 3 amide bonds. The number of benzene rings is 1. The van der Waals surface area contributed by atoms with Crippen molar-refractivity contribution in [2.24, 2.45) is 0 Å². The zero-order valence-electron chi connectivity index (χ0n) is 17.3. The van der Waals surface area contributed by atoms with Crippen molar-refractivity contribution in [2.75, 3.05) is 29.9 Å². The maximum absolute atomic E-state index is 12.8. The van der Waals surface area contributed by atoms with E-state index >= 15 is 0 Å². The van der Waals surface area contributed by atoms with E-state index in [1.807, 2.05) is 23.6 Å². The molecule has 0 bridgehead atoms. The van der Waals surface area contributed by atoms with Gasteiger partial charge in [0.15, 0.2) is 5.13 Å². The van der Waals surface area contributed by atoms with Crippen LogP contribution in [0.3, 0.4) is 0 Å². The molecule has 4 heterocycles. The van der Waals surface area contributed by atoms with Crippen LogP contribution in [-0.4, -0.2) is 52.2 Å². The Balaban J connectivity index is 1.19. The van der Waals surface area contributed by atoms with Crippen molar-refractivity contribution in [1.82, 2.24) is 14.9 Å². The van der Waals surface area contributed by atoms with Gasteiger partial charge >= 0.3 is 12.1 Å². The van der Waals surface area contributed by atoms with E-state index in [2.05, 4.69) is 15.3 Å². The van der Waals surface area contributed by atoms with Crippen molar-refractivity contribution in [3.8, 4) is 11.4 Å². The molecule has 0 aliphatic carbocycles. The molecule has 2 aromatic heterocycles. The number of aromatic nitrogens is 2. The standard InChI is InChI=1S/C22H19Cl2N5O3S/c23-15-5-4-14(11-16(15)24)29-13-22(32-21(29)31)6-9-28(10-7-22)20(30)27-19-26-18(12-33-19)17-3-1-2-8-25-17/h1-5,8,11-12H,6-7,9-10,13H2,(H,26,27,30). The Morgan fingerprint density at radius 1 is 1.12 bits per heavy atom. The molecule has 33 heavy (non-hydrogen) atoms. The van der Waals surface area contributed by atoms with Gasteiger partial charge in [-0.15, -0.1) is 11.3 Å². The first-order valence-electron chi connectivity index (χ1n) is 10.3. The predicted octanol–water partition coefficient (Wildman–Crippen LogP) is 5.54. The van der Waals surface area contributed by atoms with Crippen LogP contribution in [0.25, 0.3) is 11.4 Å². The molecular weight excluding hydrogens is 485 g/mol. The summed E-state index contributed by atoms with van der Waals surface area (Å²) in [6.45, 7) is 1.33. The molecule has 3 aromatic rings. The molecule has 2 saturated heterocycles. The van der Waals surface area contributed by atoms with Crippen molar-refractivity contribution in [3.05, 3.63) is 58.0 Å². The van der Waals surface area contributed by atoms with Gasteiger partial charge in [-0.25, -0.2) is 14.6 Å². The highest BCUT2D eigenvalue weighted by Crippen LogP contribution is 2.37. The lowest BCUT2D eigenvalue weighted by atomic mass is 9.91. The Labute approximate surface area is 204 Å². The number of nitrogens with one attached hydrogen (secondary N) is 1. The average Bonchev–Trinajstić information content (AvgIpc) is 3.41. The van der Waals surface area contributed by atoms with Crippen LogP contribution in [0.5, 0.6) is 0 Å². The molecule has 2 aliphatic heterocycles. The summed E-state index contributed by atoms with van der Waals surface area (Å²) >= 11 is 13.4. The van der Waals surface area contributed by atoms with Gasteiger partial charge in [-0.05, 0) is 30.3 Å². The second-order valence-corrected chi connectivity index (χ2v) is 9.58. The summed E-state index contributed by atoms with van der Waals surface area (Å²) in [4.78, 5) is 37.3. The van der Waals surface area contributed by atoms with E-state index in [0.29, 0.717) is 59.0 Å². The summed E-state index contributed by atoms with van der Waals surface area (Å²) in [6, 6.07) is 10.4. The SMILES string of the molecule is O=C(Nc1nc(-c2ccccn2)cs1)N1CCC2(CC1)CN(c1ccc(Cl)c(Cl)c1)C(=O)O2. The monoisotopic (exact) mass is 503 g/mol. The summed E-state index contributed by atoms with van der Waals surface area (Å²) in [7, 11) is 0. The number of urea groups is 1. The molecule has 0 radical (unpaired) electrons. The Hall–Kier alpha value is -2.88. The lowest BCUT2D eigenvalue weighted by molar-refractivity contribution is 0.0110. The Morgan fingerprint density at radius 2 is 1.94 bits per heavy atom. The number of anilines is 2. The number of likely N-dealkylation sites (tertiary alicyclic amines) is 1. The highest BCUT2D eigenvalue weighted by molar-refractivity contribution is 7.14. The number of amides is 3. The van der Waals surface area contributed by atoms with Gasteiger partial charge in [0, 0.05) is 43.2 Å². The van der Waals surface area contributed by atoms with Gasteiger partial charge in [0.05, 0.1) is 22.3 Å². The van der Waals surface area contributed by atoms with Crippen LogP contribution < -0.4 is 10.2 Å². The number of nitrogens with zero attached hydrogens (tertiary/aromatic N) is 4. The van der Waals surface area contributed by atoms with E-state index in [1.165, 1.54) is 11.3 Å². The number of hydrogen-bond acceptors (Lipinski definition) is 6. The molecule has 11 heteroatoms. The third-order valence-electron chi connectivity index (χ3n) is 5.79. The molecule has 0 saturated carbocycles. The lowest BCUT2D eigenvalue weighted by Gasteiger charge is -2.37. The van der Waals surface area contributed by atoms with Gasteiger partial charge in [0.2, 0.25) is 0 Å². The fraction of sp³-hybridized carbons (Fsp3) is 0.273. The summed E-state index contributed by atoms with van der Waals surface area (Å²) in [5.41, 5.74) is 1.48. The number of thiazole rings is 1. The smallest absolute Gasteiger partial charge is 0.415 e. The quantitative estimate of drug-likeness (QED) is 0.507. The minimum Gasteiger partial charge on any atom is -0.440 e. The molecule has 8 nitrogen and oxygen atoms in total. The molecule has 1 spiro atoms. The van der Waals surface area contributed by atoms with E-state index in [-0.39, 0.29) is 6.03 Å². The van der Waals surface area contributed by atoms with Crippen LogP contribution in [0, 0.1) is 0 Å². The van der Waals surface area contributed by atoms with Crippen molar-refractivity contribution in [3.63, 3.8) is 0 Å². The number of hydrogen-bond donors (Lipinski definition) is 1. The molecule has 0 atom stereocenters. The van der Waals surface area contributed by atoms with Gasteiger partial charge in [-0.1, -0.05) is 29.3 Å². The molecule has 1 aromatic carbocycles. The van der Waals surface area contributed by atoms with E-state index in [4.69, 9.17) is 27.9 Å².